The van der Waals surface area contributed by atoms with Crippen molar-refractivity contribution in [3.63, 3.8) is 0 Å². The molecule has 1 heterocycles. The number of para-hydroxylation sites is 1. The van der Waals surface area contributed by atoms with Crippen LogP contribution >= 0.6 is 12.2 Å². The SMILES string of the molecule is NC(=O)NC(=S)c1c(-c2ccccc2NC(=O)c2c(F)cccc2F)ccc2c1N(O)NN2. The second-order valence-corrected chi connectivity index (χ2v) is 7.26. The minimum Gasteiger partial charge on any atom is -0.351 e. The van der Waals surface area contributed by atoms with E-state index < -0.39 is 29.1 Å². The average Bonchev–Trinajstić information content (AvgIpc) is 3.14. The highest BCUT2D eigenvalue weighted by atomic mass is 32.1. The first-order chi connectivity index (χ1) is 15.8. The number of anilines is 3. The zero-order valence-electron chi connectivity index (χ0n) is 16.6. The molecule has 9 nitrogen and oxygen atoms in total. The Morgan fingerprint density at radius 2 is 1.67 bits per heavy atom. The summed E-state index contributed by atoms with van der Waals surface area (Å²) in [7, 11) is 0. The van der Waals surface area contributed by atoms with Crippen molar-refractivity contribution in [1.29, 1.82) is 0 Å². The van der Waals surface area contributed by atoms with E-state index in [-0.39, 0.29) is 21.9 Å². The zero-order valence-corrected chi connectivity index (χ0v) is 17.5. The summed E-state index contributed by atoms with van der Waals surface area (Å²) in [6, 6.07) is 11.9. The van der Waals surface area contributed by atoms with E-state index in [1.54, 1.807) is 30.3 Å². The van der Waals surface area contributed by atoms with Gasteiger partial charge in [-0.1, -0.05) is 42.5 Å². The van der Waals surface area contributed by atoms with Gasteiger partial charge in [-0.15, -0.1) is 5.53 Å². The fourth-order valence-electron chi connectivity index (χ4n) is 3.44. The van der Waals surface area contributed by atoms with Gasteiger partial charge in [0.05, 0.1) is 5.69 Å². The van der Waals surface area contributed by atoms with Crippen LogP contribution < -0.4 is 32.5 Å². The quantitative estimate of drug-likeness (QED) is 0.323. The van der Waals surface area contributed by atoms with Crippen molar-refractivity contribution in [2.24, 2.45) is 5.73 Å². The van der Waals surface area contributed by atoms with Crippen molar-refractivity contribution in [3.05, 3.63) is 77.4 Å². The lowest BCUT2D eigenvalue weighted by atomic mass is 9.95. The van der Waals surface area contributed by atoms with Crippen molar-refractivity contribution in [3.8, 4) is 11.1 Å². The van der Waals surface area contributed by atoms with Crippen LogP contribution in [0, 0.1) is 11.6 Å². The number of carbonyl (C=O) groups excluding carboxylic acids is 2. The molecule has 0 aliphatic carbocycles. The number of nitrogens with one attached hydrogen (secondary N) is 4. The lowest BCUT2D eigenvalue weighted by molar-refractivity contribution is 0.101. The Morgan fingerprint density at radius 1 is 0.970 bits per heavy atom. The van der Waals surface area contributed by atoms with Crippen LogP contribution in [0.4, 0.5) is 30.6 Å². The highest BCUT2D eigenvalue weighted by molar-refractivity contribution is 7.80. The van der Waals surface area contributed by atoms with E-state index in [2.05, 4.69) is 21.6 Å². The number of hydrogen-bond donors (Lipinski definition) is 6. The Kier molecular flexibility index (Phi) is 5.87. The molecule has 0 saturated carbocycles. The molecule has 0 aromatic heterocycles. The van der Waals surface area contributed by atoms with Crippen LogP contribution in [-0.4, -0.2) is 22.1 Å². The number of benzene rings is 3. The molecule has 0 unspecified atom stereocenters. The zero-order chi connectivity index (χ0) is 23.7. The Hall–Kier alpha value is -4.13. The van der Waals surface area contributed by atoms with Crippen LogP contribution in [0.3, 0.4) is 0 Å². The van der Waals surface area contributed by atoms with E-state index in [1.165, 1.54) is 6.07 Å². The Labute approximate surface area is 191 Å². The summed E-state index contributed by atoms with van der Waals surface area (Å²) in [5, 5.41) is 15.7. The molecule has 168 valence electrons. The molecule has 12 heteroatoms. The lowest BCUT2D eigenvalue weighted by Gasteiger charge is -2.19. The molecule has 0 bridgehead atoms. The molecule has 3 amide bonds. The molecule has 4 rings (SSSR count). The molecule has 0 fully saturated rings. The van der Waals surface area contributed by atoms with Gasteiger partial charge >= 0.3 is 6.03 Å². The highest BCUT2D eigenvalue weighted by Crippen LogP contribution is 2.41. The summed E-state index contributed by atoms with van der Waals surface area (Å²) in [4.78, 5) is 24.0. The highest BCUT2D eigenvalue weighted by Gasteiger charge is 2.28. The summed E-state index contributed by atoms with van der Waals surface area (Å²) in [6.07, 6.45) is 0. The number of nitrogens with zero attached hydrogens (tertiary/aromatic N) is 1. The summed E-state index contributed by atoms with van der Waals surface area (Å²) < 4.78 is 28.2. The van der Waals surface area contributed by atoms with Crippen LogP contribution in [-0.2, 0) is 0 Å². The maximum atomic E-state index is 14.1. The van der Waals surface area contributed by atoms with E-state index in [9.17, 15) is 23.6 Å². The third-order valence-corrected chi connectivity index (χ3v) is 5.11. The minimum atomic E-state index is -1.01. The van der Waals surface area contributed by atoms with Crippen LogP contribution in [0.25, 0.3) is 11.1 Å². The van der Waals surface area contributed by atoms with Crippen LogP contribution in [0.2, 0.25) is 0 Å². The molecule has 0 radical (unpaired) electrons. The first-order valence-corrected chi connectivity index (χ1v) is 9.82. The number of hydrogen-bond acceptors (Lipinski definition) is 7. The van der Waals surface area contributed by atoms with Crippen molar-refractivity contribution in [2.45, 2.75) is 0 Å². The molecule has 3 aromatic carbocycles. The van der Waals surface area contributed by atoms with Gasteiger partial charge in [-0.25, -0.2) is 13.6 Å². The van der Waals surface area contributed by atoms with Crippen molar-refractivity contribution in [2.75, 3.05) is 15.9 Å². The van der Waals surface area contributed by atoms with Gasteiger partial charge in [-0.2, -0.15) is 5.17 Å². The van der Waals surface area contributed by atoms with Crippen LogP contribution in [0.1, 0.15) is 15.9 Å². The number of fused-ring (bicyclic) bond motifs is 1. The number of hydrazine groups is 2. The monoisotopic (exact) mass is 470 g/mol. The van der Waals surface area contributed by atoms with Gasteiger partial charge in [0.1, 0.15) is 27.9 Å². The molecule has 1 aliphatic rings. The summed E-state index contributed by atoms with van der Waals surface area (Å²) >= 11 is 5.33. The predicted molar refractivity (Wildman–Crippen MR) is 122 cm³/mol. The van der Waals surface area contributed by atoms with Gasteiger partial charge in [-0.05, 0) is 29.8 Å². The first kappa shape index (κ1) is 22.1. The summed E-state index contributed by atoms with van der Waals surface area (Å²) in [5.74, 6) is -3.02. The molecule has 33 heavy (non-hydrogen) atoms. The Morgan fingerprint density at radius 3 is 2.36 bits per heavy atom. The summed E-state index contributed by atoms with van der Waals surface area (Å²) in [6.45, 7) is 0. The molecular weight excluding hydrogens is 454 g/mol. The Bertz CT molecular complexity index is 1280. The standard InChI is InChI=1S/C21H16F2N6O3S/c22-12-5-3-6-13(23)17(12)19(30)25-14-7-2-1-4-10(14)11-8-9-15-18(29(32)28-27-15)16(11)20(33)26-21(24)31/h1-9,27-28,32H,(H,25,30)(H3,24,26,31,33). The van der Waals surface area contributed by atoms with E-state index >= 15 is 0 Å². The number of amides is 3. The van der Waals surface area contributed by atoms with Crippen molar-refractivity contribution in [1.82, 2.24) is 10.9 Å². The molecule has 0 saturated heterocycles. The van der Waals surface area contributed by atoms with Gasteiger partial charge < -0.3 is 11.1 Å². The van der Waals surface area contributed by atoms with E-state index in [0.717, 1.165) is 18.2 Å². The smallest absolute Gasteiger partial charge is 0.317 e. The number of carbonyl (C=O) groups is 2. The molecule has 7 N–H and O–H groups in total. The minimum absolute atomic E-state index is 0.0971. The maximum absolute atomic E-state index is 14.1. The van der Waals surface area contributed by atoms with Crippen LogP contribution in [0.5, 0.6) is 0 Å². The molecule has 0 spiro atoms. The molecule has 0 atom stereocenters. The van der Waals surface area contributed by atoms with E-state index in [0.29, 0.717) is 22.0 Å². The number of halogens is 2. The van der Waals surface area contributed by atoms with Gasteiger partial charge in [-0.3, -0.25) is 20.7 Å². The van der Waals surface area contributed by atoms with E-state index in [1.807, 2.05) is 0 Å². The largest absolute Gasteiger partial charge is 0.351 e. The third-order valence-electron chi connectivity index (χ3n) is 4.81. The fourth-order valence-corrected chi connectivity index (χ4v) is 3.74. The molecule has 1 aliphatic heterocycles. The number of thiocarbonyl (C=S) groups is 1. The third kappa shape index (κ3) is 4.17. The summed E-state index contributed by atoms with van der Waals surface area (Å²) in [5.41, 5.74) is 11.5. The lowest BCUT2D eigenvalue weighted by Crippen LogP contribution is -2.37. The second-order valence-electron chi connectivity index (χ2n) is 6.85. The molecular formula is C21H16F2N6O3S. The topological polar surface area (TPSA) is 132 Å². The molecule has 3 aromatic rings. The Balaban J connectivity index is 1.83. The van der Waals surface area contributed by atoms with Gasteiger partial charge in [0.25, 0.3) is 5.91 Å². The number of rotatable bonds is 4. The predicted octanol–water partition coefficient (Wildman–Crippen LogP) is 3.27. The van der Waals surface area contributed by atoms with Gasteiger partial charge in [0.15, 0.2) is 0 Å². The number of primary amides is 1. The van der Waals surface area contributed by atoms with Gasteiger partial charge in [0.2, 0.25) is 0 Å². The van der Waals surface area contributed by atoms with Crippen molar-refractivity contribution < 1.29 is 23.6 Å². The fraction of sp³-hybridized carbons (Fsp3) is 0. The maximum Gasteiger partial charge on any atom is 0.317 e. The van der Waals surface area contributed by atoms with E-state index in [4.69, 9.17) is 18.0 Å². The second kappa shape index (κ2) is 8.78. The number of urea groups is 1. The van der Waals surface area contributed by atoms with Gasteiger partial charge in [0, 0.05) is 16.8 Å². The number of nitrogens with two attached hydrogens (primary N) is 1. The van der Waals surface area contributed by atoms with Crippen molar-refractivity contribution >= 4 is 46.2 Å². The average molecular weight is 470 g/mol. The normalized spacial score (nSPS) is 12.0. The first-order valence-electron chi connectivity index (χ1n) is 9.41. The van der Waals surface area contributed by atoms with Crippen LogP contribution in [0.15, 0.2) is 54.6 Å².